The molecule has 1 saturated heterocycles. The first-order chi connectivity index (χ1) is 20.4. The lowest BCUT2D eigenvalue weighted by Gasteiger charge is -2.36. The van der Waals surface area contributed by atoms with Crippen LogP contribution in [0.5, 0.6) is 0 Å². The number of carbonyl (C=O) groups is 2. The van der Waals surface area contributed by atoms with Gasteiger partial charge in [-0.1, -0.05) is 32.0 Å². The predicted octanol–water partition coefficient (Wildman–Crippen LogP) is 6.61. The van der Waals surface area contributed by atoms with Crippen molar-refractivity contribution in [2.45, 2.75) is 39.4 Å². The van der Waals surface area contributed by atoms with Crippen molar-refractivity contribution in [3.63, 3.8) is 0 Å². The fraction of sp³-hybridized carbons (Fsp3) is 0.290. The average Bonchev–Trinajstić information content (AvgIpc) is 3.64. The lowest BCUT2D eigenvalue weighted by molar-refractivity contribution is -0.192. The van der Waals surface area contributed by atoms with Crippen LogP contribution in [0.4, 0.5) is 18.9 Å². The Morgan fingerprint density at radius 2 is 1.74 bits per heavy atom. The first kappa shape index (κ1) is 29.8. The molecule has 6 rings (SSSR count). The quantitative estimate of drug-likeness (QED) is 0.182. The number of fused-ring (bicyclic) bond motifs is 2. The predicted molar refractivity (Wildman–Crippen MR) is 158 cm³/mol. The van der Waals surface area contributed by atoms with E-state index in [1.54, 1.807) is 12.3 Å². The molecule has 4 heterocycles. The Labute approximate surface area is 245 Å². The molecule has 12 heteroatoms. The molecule has 1 fully saturated rings. The van der Waals surface area contributed by atoms with E-state index in [4.69, 9.17) is 14.9 Å². The van der Waals surface area contributed by atoms with Gasteiger partial charge in [-0.15, -0.1) is 0 Å². The minimum atomic E-state index is -5.08. The van der Waals surface area contributed by atoms with Crippen LogP contribution in [-0.4, -0.2) is 61.3 Å². The fourth-order valence-electron chi connectivity index (χ4n) is 5.07. The number of aromatic nitrogens is 4. The molecule has 224 valence electrons. The number of carboxylic acids is 1. The molecule has 2 aromatic carbocycles. The summed E-state index contributed by atoms with van der Waals surface area (Å²) in [5.74, 6) is -2.98. The van der Waals surface area contributed by atoms with Crippen LogP contribution < -0.4 is 5.32 Å². The van der Waals surface area contributed by atoms with E-state index >= 15 is 0 Å². The number of piperidine rings is 1. The first-order valence-corrected chi connectivity index (χ1v) is 13.7. The number of amides is 1. The second kappa shape index (κ2) is 11.9. The van der Waals surface area contributed by atoms with Gasteiger partial charge >= 0.3 is 12.1 Å². The van der Waals surface area contributed by atoms with Crippen molar-refractivity contribution in [2.75, 3.05) is 18.4 Å². The molecule has 9 nitrogen and oxygen atoms in total. The molecular formula is C31H31F3N6O3. The maximum absolute atomic E-state index is 13.3. The standard InChI is InChI=1S/C29H30N6O.C2HF3O2/c1-29(2)10-13-35(14-11-29)18-20-5-3-8-25(32-20)28(36)33-26-15-19(16-27-23(26)17-31-34-27)21-6-4-7-24-22(21)9-12-30-24;3-2(4,5)1(6)7/h3-9,12,15-17,30H,10-11,13-14,18H2,1-2H3,(H,31,34)(H,33,36);(H,6,7). The Bertz CT molecular complexity index is 1770. The van der Waals surface area contributed by atoms with Crippen molar-refractivity contribution >= 4 is 39.4 Å². The van der Waals surface area contributed by atoms with Crippen molar-refractivity contribution in [1.82, 2.24) is 25.1 Å². The van der Waals surface area contributed by atoms with E-state index in [1.165, 1.54) is 12.8 Å². The highest BCUT2D eigenvalue weighted by Gasteiger charge is 2.38. The maximum atomic E-state index is 13.3. The second-order valence-electron chi connectivity index (χ2n) is 11.3. The Morgan fingerprint density at radius 1 is 1.02 bits per heavy atom. The van der Waals surface area contributed by atoms with Crippen molar-refractivity contribution in [3.05, 3.63) is 78.4 Å². The summed E-state index contributed by atoms with van der Waals surface area (Å²) in [4.78, 5) is 32.6. The van der Waals surface area contributed by atoms with Crippen molar-refractivity contribution in [2.24, 2.45) is 5.41 Å². The average molecular weight is 593 g/mol. The molecule has 0 spiro atoms. The topological polar surface area (TPSA) is 127 Å². The number of nitrogens with zero attached hydrogens (tertiary/aromatic N) is 3. The van der Waals surface area contributed by atoms with E-state index in [2.05, 4.69) is 63.5 Å². The van der Waals surface area contributed by atoms with Crippen LogP contribution in [-0.2, 0) is 11.3 Å². The number of aliphatic carboxylic acids is 1. The van der Waals surface area contributed by atoms with Gasteiger partial charge in [-0.05, 0) is 78.9 Å². The summed E-state index contributed by atoms with van der Waals surface area (Å²) in [5.41, 5.74) is 6.48. The highest BCUT2D eigenvalue weighted by molar-refractivity contribution is 6.09. The largest absolute Gasteiger partial charge is 0.490 e. The second-order valence-corrected chi connectivity index (χ2v) is 11.3. The molecule has 4 N–H and O–H groups in total. The van der Waals surface area contributed by atoms with Crippen LogP contribution in [0, 0.1) is 5.41 Å². The summed E-state index contributed by atoms with van der Waals surface area (Å²) in [5, 5.41) is 19.5. The number of H-pyrrole nitrogens is 2. The van der Waals surface area contributed by atoms with Crippen LogP contribution in [0.25, 0.3) is 32.9 Å². The number of halogens is 3. The van der Waals surface area contributed by atoms with Gasteiger partial charge in [0.1, 0.15) is 5.69 Å². The van der Waals surface area contributed by atoms with Crippen LogP contribution in [0.1, 0.15) is 42.9 Å². The zero-order valence-electron chi connectivity index (χ0n) is 23.6. The summed E-state index contributed by atoms with van der Waals surface area (Å²) < 4.78 is 31.7. The number of benzene rings is 2. The van der Waals surface area contributed by atoms with Crippen LogP contribution in [0.15, 0.2) is 67.0 Å². The van der Waals surface area contributed by atoms with Crippen molar-refractivity contribution < 1.29 is 27.9 Å². The van der Waals surface area contributed by atoms with Gasteiger partial charge in [-0.3, -0.25) is 14.8 Å². The van der Waals surface area contributed by atoms with E-state index in [9.17, 15) is 18.0 Å². The molecule has 0 bridgehead atoms. The normalized spacial score (nSPS) is 15.2. The summed E-state index contributed by atoms with van der Waals surface area (Å²) >= 11 is 0. The molecule has 5 aromatic rings. The van der Waals surface area contributed by atoms with Crippen LogP contribution >= 0.6 is 0 Å². The third-order valence-electron chi connectivity index (χ3n) is 7.59. The number of anilines is 1. The molecule has 43 heavy (non-hydrogen) atoms. The number of hydrogen-bond acceptors (Lipinski definition) is 5. The van der Waals surface area contributed by atoms with Gasteiger partial charge in [0, 0.05) is 29.0 Å². The highest BCUT2D eigenvalue weighted by atomic mass is 19.4. The number of rotatable bonds is 5. The Balaban J connectivity index is 0.000000472. The van der Waals surface area contributed by atoms with E-state index in [-0.39, 0.29) is 5.91 Å². The zero-order valence-corrected chi connectivity index (χ0v) is 23.6. The van der Waals surface area contributed by atoms with Crippen molar-refractivity contribution in [3.8, 4) is 11.1 Å². The fourth-order valence-corrected chi connectivity index (χ4v) is 5.07. The molecular weight excluding hydrogens is 561 g/mol. The maximum Gasteiger partial charge on any atom is 0.490 e. The summed E-state index contributed by atoms with van der Waals surface area (Å²) in [7, 11) is 0. The van der Waals surface area contributed by atoms with Gasteiger partial charge in [0.25, 0.3) is 5.91 Å². The number of carbonyl (C=O) groups excluding carboxylic acids is 1. The lowest BCUT2D eigenvalue weighted by Crippen LogP contribution is -2.37. The number of nitrogens with one attached hydrogen (secondary N) is 3. The molecule has 0 atom stereocenters. The Kier molecular flexibility index (Phi) is 8.23. The van der Waals surface area contributed by atoms with Crippen LogP contribution in [0.2, 0.25) is 0 Å². The molecule has 0 aliphatic carbocycles. The van der Waals surface area contributed by atoms with E-state index < -0.39 is 12.1 Å². The van der Waals surface area contributed by atoms with Crippen molar-refractivity contribution in [1.29, 1.82) is 0 Å². The third-order valence-corrected chi connectivity index (χ3v) is 7.59. The summed E-state index contributed by atoms with van der Waals surface area (Å²) in [6.45, 7) is 7.55. The number of likely N-dealkylation sites (tertiary alicyclic amines) is 1. The van der Waals surface area contributed by atoms with Crippen LogP contribution in [0.3, 0.4) is 0 Å². The van der Waals surface area contributed by atoms with Gasteiger partial charge in [0.15, 0.2) is 0 Å². The van der Waals surface area contributed by atoms with Gasteiger partial charge < -0.3 is 15.4 Å². The molecule has 1 aliphatic heterocycles. The number of alkyl halides is 3. The number of carboxylic acid groups (broad SMARTS) is 1. The van der Waals surface area contributed by atoms with Gasteiger partial charge in [0.2, 0.25) is 0 Å². The van der Waals surface area contributed by atoms with E-state index in [0.29, 0.717) is 16.8 Å². The first-order valence-electron chi connectivity index (χ1n) is 13.7. The minimum absolute atomic E-state index is 0.226. The summed E-state index contributed by atoms with van der Waals surface area (Å²) in [6, 6.07) is 18.0. The molecule has 0 saturated carbocycles. The number of hydrogen-bond donors (Lipinski definition) is 4. The molecule has 0 radical (unpaired) electrons. The molecule has 1 aliphatic rings. The van der Waals surface area contributed by atoms with E-state index in [0.717, 1.165) is 58.3 Å². The van der Waals surface area contributed by atoms with Gasteiger partial charge in [0.05, 0.1) is 23.1 Å². The Morgan fingerprint density at radius 3 is 2.47 bits per heavy atom. The highest BCUT2D eigenvalue weighted by Crippen LogP contribution is 2.34. The zero-order chi connectivity index (χ0) is 30.8. The monoisotopic (exact) mass is 592 g/mol. The minimum Gasteiger partial charge on any atom is -0.475 e. The summed E-state index contributed by atoms with van der Waals surface area (Å²) in [6.07, 6.45) is 0.962. The van der Waals surface area contributed by atoms with Gasteiger partial charge in [-0.25, -0.2) is 9.78 Å². The number of aromatic amines is 2. The smallest absolute Gasteiger partial charge is 0.475 e. The third kappa shape index (κ3) is 7.03. The number of pyridine rings is 1. The Hall–Kier alpha value is -4.71. The van der Waals surface area contributed by atoms with Gasteiger partial charge in [-0.2, -0.15) is 18.3 Å². The lowest BCUT2D eigenvalue weighted by atomic mass is 9.83. The molecule has 0 unspecified atom stereocenters. The van der Waals surface area contributed by atoms with E-state index in [1.807, 2.05) is 30.5 Å². The molecule has 1 amide bonds. The SMILES string of the molecule is CC1(C)CCN(Cc2cccc(C(=O)Nc3cc(-c4cccc5[nH]ccc45)cc4[nH]ncc34)n2)CC1.O=C(O)C(F)(F)F. The molecule has 3 aromatic heterocycles.